The van der Waals surface area contributed by atoms with Crippen LogP contribution in [0.25, 0.3) is 16.8 Å². The molecule has 0 saturated carbocycles. The highest BCUT2D eigenvalue weighted by molar-refractivity contribution is 8.00. The summed E-state index contributed by atoms with van der Waals surface area (Å²) in [5.74, 6) is -1.25. The lowest BCUT2D eigenvalue weighted by Crippen LogP contribution is -2.30. The van der Waals surface area contributed by atoms with Crippen LogP contribution < -0.4 is 16.0 Å². The molecule has 0 saturated heterocycles. The lowest BCUT2D eigenvalue weighted by Gasteiger charge is -2.15. The molecule has 5 rings (SSSR count). The van der Waals surface area contributed by atoms with Gasteiger partial charge in [0.05, 0.1) is 10.2 Å². The van der Waals surface area contributed by atoms with Gasteiger partial charge in [-0.3, -0.25) is 24.5 Å². The summed E-state index contributed by atoms with van der Waals surface area (Å²) in [6.07, 6.45) is 1.44. The minimum atomic E-state index is -0.596. The maximum absolute atomic E-state index is 13.4. The van der Waals surface area contributed by atoms with E-state index in [4.69, 9.17) is 0 Å². The normalized spacial score (nSPS) is 11.8. The van der Waals surface area contributed by atoms with E-state index in [1.807, 2.05) is 48.5 Å². The molecule has 3 amide bonds. The van der Waals surface area contributed by atoms with E-state index in [1.165, 1.54) is 42.1 Å². The SMILES string of the molecule is CC(Sc1cccc(NC(=O)/C(=C\c2ccc([N+](=O)[O-])cc2)NC(=O)c2ccccc2)c1)C(=O)Nc1cccc2ccccc12. The fourth-order valence-electron chi connectivity index (χ4n) is 4.47. The highest BCUT2D eigenvalue weighted by Crippen LogP contribution is 2.28. The average molecular weight is 617 g/mol. The first-order valence-electron chi connectivity index (χ1n) is 14.0. The van der Waals surface area contributed by atoms with Crippen LogP contribution >= 0.6 is 11.8 Å². The fraction of sp³-hybridized carbons (Fsp3) is 0.0571. The van der Waals surface area contributed by atoms with E-state index in [9.17, 15) is 24.5 Å². The molecule has 224 valence electrons. The highest BCUT2D eigenvalue weighted by atomic mass is 32.2. The molecule has 45 heavy (non-hydrogen) atoms. The number of nitro groups is 1. The molecule has 3 N–H and O–H groups in total. The second-order valence-corrected chi connectivity index (χ2v) is 11.4. The van der Waals surface area contributed by atoms with Crippen LogP contribution in [0.15, 0.2) is 132 Å². The van der Waals surface area contributed by atoms with E-state index < -0.39 is 22.0 Å². The third-order valence-corrected chi connectivity index (χ3v) is 7.86. The number of carbonyl (C=O) groups excluding carboxylic acids is 3. The summed E-state index contributed by atoms with van der Waals surface area (Å²) < 4.78 is 0. The van der Waals surface area contributed by atoms with Crippen molar-refractivity contribution in [2.45, 2.75) is 17.1 Å². The predicted molar refractivity (Wildman–Crippen MR) is 178 cm³/mol. The Morgan fingerprint density at radius 3 is 2.24 bits per heavy atom. The molecular weight excluding hydrogens is 588 g/mol. The highest BCUT2D eigenvalue weighted by Gasteiger charge is 2.18. The molecule has 0 bridgehead atoms. The molecular formula is C35H28N4O5S. The summed E-state index contributed by atoms with van der Waals surface area (Å²) in [5.41, 5.74) is 1.87. The van der Waals surface area contributed by atoms with Gasteiger partial charge in [-0.15, -0.1) is 11.8 Å². The molecule has 0 aliphatic carbocycles. The summed E-state index contributed by atoms with van der Waals surface area (Å²) in [5, 5.41) is 21.1. The molecule has 5 aromatic carbocycles. The number of nitrogens with zero attached hydrogens (tertiary/aromatic N) is 1. The van der Waals surface area contributed by atoms with Crippen LogP contribution in [0.1, 0.15) is 22.8 Å². The number of nitro benzene ring substituents is 1. The van der Waals surface area contributed by atoms with Gasteiger partial charge < -0.3 is 16.0 Å². The minimum Gasteiger partial charge on any atom is -0.325 e. The second kappa shape index (κ2) is 14.2. The molecule has 5 aromatic rings. The molecule has 0 heterocycles. The van der Waals surface area contributed by atoms with Crippen molar-refractivity contribution in [2.75, 3.05) is 10.6 Å². The number of fused-ring (bicyclic) bond motifs is 1. The maximum Gasteiger partial charge on any atom is 0.272 e. The van der Waals surface area contributed by atoms with Gasteiger partial charge in [0.25, 0.3) is 17.5 Å². The van der Waals surface area contributed by atoms with Crippen molar-refractivity contribution in [3.63, 3.8) is 0 Å². The number of hydrogen-bond acceptors (Lipinski definition) is 6. The number of amides is 3. The monoisotopic (exact) mass is 616 g/mol. The van der Waals surface area contributed by atoms with Crippen molar-refractivity contribution in [1.29, 1.82) is 0 Å². The Balaban J connectivity index is 1.30. The Hall–Kier alpha value is -5.74. The Labute approximate surface area is 263 Å². The van der Waals surface area contributed by atoms with E-state index in [2.05, 4.69) is 16.0 Å². The van der Waals surface area contributed by atoms with Crippen molar-refractivity contribution in [1.82, 2.24) is 5.32 Å². The summed E-state index contributed by atoms with van der Waals surface area (Å²) in [4.78, 5) is 50.7. The molecule has 1 unspecified atom stereocenters. The number of rotatable bonds is 10. The van der Waals surface area contributed by atoms with Crippen LogP contribution in [0, 0.1) is 10.1 Å². The number of non-ortho nitro benzene ring substituents is 1. The quantitative estimate of drug-likeness (QED) is 0.0654. The zero-order valence-corrected chi connectivity index (χ0v) is 24.9. The molecule has 0 aliphatic rings. The summed E-state index contributed by atoms with van der Waals surface area (Å²) in [6.45, 7) is 1.81. The lowest BCUT2D eigenvalue weighted by atomic mass is 10.1. The third kappa shape index (κ3) is 8.01. The van der Waals surface area contributed by atoms with E-state index >= 15 is 0 Å². The van der Waals surface area contributed by atoms with Gasteiger partial charge >= 0.3 is 0 Å². The molecule has 0 spiro atoms. The molecule has 1 atom stereocenters. The number of benzene rings is 5. The number of anilines is 2. The van der Waals surface area contributed by atoms with Gasteiger partial charge in [0.15, 0.2) is 0 Å². The molecule has 0 fully saturated rings. The molecule has 0 aromatic heterocycles. The molecule has 0 aliphatic heterocycles. The first kappa shape index (κ1) is 30.7. The topological polar surface area (TPSA) is 130 Å². The van der Waals surface area contributed by atoms with Crippen LogP contribution in [-0.2, 0) is 9.59 Å². The van der Waals surface area contributed by atoms with Crippen LogP contribution in [0.2, 0.25) is 0 Å². The van der Waals surface area contributed by atoms with Crippen LogP contribution in [0.5, 0.6) is 0 Å². The number of nitrogens with one attached hydrogen (secondary N) is 3. The van der Waals surface area contributed by atoms with Gasteiger partial charge in [0, 0.05) is 39.4 Å². The van der Waals surface area contributed by atoms with Gasteiger partial charge in [-0.1, -0.05) is 60.7 Å². The van der Waals surface area contributed by atoms with Crippen LogP contribution in [-0.4, -0.2) is 27.9 Å². The van der Waals surface area contributed by atoms with Crippen LogP contribution in [0.4, 0.5) is 17.1 Å². The predicted octanol–water partition coefficient (Wildman–Crippen LogP) is 7.28. The largest absolute Gasteiger partial charge is 0.325 e. The van der Waals surface area contributed by atoms with Crippen molar-refractivity contribution in [2.24, 2.45) is 0 Å². The van der Waals surface area contributed by atoms with E-state index in [0.717, 1.165) is 21.4 Å². The lowest BCUT2D eigenvalue weighted by molar-refractivity contribution is -0.384. The van der Waals surface area contributed by atoms with E-state index in [0.29, 0.717) is 16.8 Å². The maximum atomic E-state index is 13.4. The Morgan fingerprint density at radius 1 is 0.800 bits per heavy atom. The Morgan fingerprint density at radius 2 is 1.49 bits per heavy atom. The second-order valence-electron chi connectivity index (χ2n) is 9.98. The first-order valence-corrected chi connectivity index (χ1v) is 14.8. The molecule has 9 nitrogen and oxygen atoms in total. The van der Waals surface area contributed by atoms with E-state index in [-0.39, 0.29) is 17.3 Å². The van der Waals surface area contributed by atoms with Crippen molar-refractivity contribution in [3.05, 3.63) is 148 Å². The summed E-state index contributed by atoms with van der Waals surface area (Å²) >= 11 is 1.34. The number of thioether (sulfide) groups is 1. The molecule has 0 radical (unpaired) electrons. The number of hydrogen-bond donors (Lipinski definition) is 3. The van der Waals surface area contributed by atoms with Gasteiger partial charge in [0.2, 0.25) is 5.91 Å². The van der Waals surface area contributed by atoms with Crippen LogP contribution in [0.3, 0.4) is 0 Å². The molecule has 10 heteroatoms. The van der Waals surface area contributed by atoms with Gasteiger partial charge in [0.1, 0.15) is 5.70 Å². The summed E-state index contributed by atoms with van der Waals surface area (Å²) in [6, 6.07) is 34.7. The van der Waals surface area contributed by atoms with E-state index in [1.54, 1.807) is 55.5 Å². The zero-order valence-electron chi connectivity index (χ0n) is 24.1. The standard InChI is InChI=1S/C35H28N4O5S/c1-23(33(40)37-31-16-7-12-25-9-5-6-15-30(25)31)45-29-14-8-13-27(22-29)36-35(42)32(38-34(41)26-10-3-2-4-11-26)21-24-17-19-28(20-18-24)39(43)44/h2-23H,1H3,(H,36,42)(H,37,40)(H,38,41)/b32-21+. The zero-order chi connectivity index (χ0) is 31.8. The third-order valence-electron chi connectivity index (χ3n) is 6.77. The fourth-order valence-corrected chi connectivity index (χ4v) is 5.40. The van der Waals surface area contributed by atoms with Crippen molar-refractivity contribution >= 4 is 63.4 Å². The smallest absolute Gasteiger partial charge is 0.272 e. The Kier molecular flexibility index (Phi) is 9.66. The first-order chi connectivity index (χ1) is 21.8. The van der Waals surface area contributed by atoms with Crippen molar-refractivity contribution < 1.29 is 19.3 Å². The average Bonchev–Trinajstić information content (AvgIpc) is 3.05. The van der Waals surface area contributed by atoms with Gasteiger partial charge in [-0.25, -0.2) is 0 Å². The van der Waals surface area contributed by atoms with Crippen molar-refractivity contribution in [3.8, 4) is 0 Å². The summed E-state index contributed by atoms with van der Waals surface area (Å²) in [7, 11) is 0. The minimum absolute atomic E-state index is 0.0569. The number of carbonyl (C=O) groups is 3. The Bertz CT molecular complexity index is 1900. The van der Waals surface area contributed by atoms with Gasteiger partial charge in [-0.2, -0.15) is 0 Å². The van der Waals surface area contributed by atoms with Gasteiger partial charge in [-0.05, 0) is 72.5 Å².